The maximum absolute atomic E-state index is 12.5. The first-order valence-corrected chi connectivity index (χ1v) is 9.21. The Bertz CT molecular complexity index is 950. The molecule has 0 atom stereocenters. The maximum atomic E-state index is 12.5. The minimum absolute atomic E-state index is 0.0912. The fourth-order valence-corrected chi connectivity index (χ4v) is 2.85. The van der Waals surface area contributed by atoms with E-state index in [1.807, 2.05) is 68.4 Å². The van der Waals surface area contributed by atoms with Crippen molar-refractivity contribution in [1.82, 2.24) is 15.4 Å². The van der Waals surface area contributed by atoms with Gasteiger partial charge in [0.15, 0.2) is 11.5 Å². The van der Waals surface area contributed by atoms with Gasteiger partial charge in [-0.2, -0.15) is 0 Å². The van der Waals surface area contributed by atoms with Crippen LogP contribution >= 0.6 is 0 Å². The van der Waals surface area contributed by atoms with Gasteiger partial charge in [0.25, 0.3) is 5.91 Å². The van der Waals surface area contributed by atoms with Gasteiger partial charge in [0.05, 0.1) is 6.54 Å². The molecule has 0 radical (unpaired) electrons. The van der Waals surface area contributed by atoms with Crippen molar-refractivity contribution < 1.29 is 14.1 Å². The molecule has 0 unspecified atom stereocenters. The third-order valence-electron chi connectivity index (χ3n) is 4.56. The van der Waals surface area contributed by atoms with Crippen LogP contribution in [-0.2, 0) is 11.3 Å². The van der Waals surface area contributed by atoms with Crippen LogP contribution in [0.5, 0.6) is 0 Å². The molecule has 1 heterocycles. The van der Waals surface area contributed by atoms with Crippen LogP contribution in [0, 0.1) is 6.92 Å². The zero-order valence-electron chi connectivity index (χ0n) is 16.0. The van der Waals surface area contributed by atoms with Crippen molar-refractivity contribution in [3.8, 4) is 11.3 Å². The summed E-state index contributed by atoms with van der Waals surface area (Å²) >= 11 is 0. The summed E-state index contributed by atoms with van der Waals surface area (Å²) in [4.78, 5) is 26.5. The molecule has 2 amide bonds. The van der Waals surface area contributed by atoms with Gasteiger partial charge in [0.2, 0.25) is 5.91 Å². The standard InChI is InChI=1S/C22H23N3O3/c1-3-25(15-18-12-8-7-9-16(18)2)21(26)14-23-22(27)19-13-20(28-24-19)17-10-5-4-6-11-17/h4-13H,3,14-15H2,1-2H3,(H,23,27). The van der Waals surface area contributed by atoms with Crippen molar-refractivity contribution in [3.63, 3.8) is 0 Å². The quantitative estimate of drug-likeness (QED) is 0.684. The Morgan fingerprint density at radius 3 is 2.50 bits per heavy atom. The zero-order chi connectivity index (χ0) is 19.9. The van der Waals surface area contributed by atoms with E-state index in [0.29, 0.717) is 18.8 Å². The van der Waals surface area contributed by atoms with E-state index in [0.717, 1.165) is 16.7 Å². The van der Waals surface area contributed by atoms with Crippen molar-refractivity contribution in [3.05, 3.63) is 77.5 Å². The van der Waals surface area contributed by atoms with Crippen LogP contribution < -0.4 is 5.32 Å². The minimum atomic E-state index is -0.439. The van der Waals surface area contributed by atoms with E-state index < -0.39 is 5.91 Å². The van der Waals surface area contributed by atoms with E-state index >= 15 is 0 Å². The van der Waals surface area contributed by atoms with E-state index in [9.17, 15) is 9.59 Å². The first kappa shape index (κ1) is 19.4. The number of carbonyl (C=O) groups is 2. The molecule has 6 nitrogen and oxygen atoms in total. The molecular weight excluding hydrogens is 354 g/mol. The van der Waals surface area contributed by atoms with Gasteiger partial charge >= 0.3 is 0 Å². The number of likely N-dealkylation sites (N-methyl/N-ethyl adjacent to an activating group) is 1. The Hall–Kier alpha value is -3.41. The molecule has 0 aliphatic carbocycles. The molecule has 0 fully saturated rings. The number of hydrogen-bond donors (Lipinski definition) is 1. The normalized spacial score (nSPS) is 10.5. The van der Waals surface area contributed by atoms with Crippen LogP contribution in [0.2, 0.25) is 0 Å². The lowest BCUT2D eigenvalue weighted by Crippen LogP contribution is -2.40. The lowest BCUT2D eigenvalue weighted by molar-refractivity contribution is -0.130. The maximum Gasteiger partial charge on any atom is 0.273 e. The number of aryl methyl sites for hydroxylation is 1. The lowest BCUT2D eigenvalue weighted by atomic mass is 10.1. The van der Waals surface area contributed by atoms with Crippen molar-refractivity contribution >= 4 is 11.8 Å². The second kappa shape index (κ2) is 8.99. The number of benzene rings is 2. The summed E-state index contributed by atoms with van der Waals surface area (Å²) in [7, 11) is 0. The Kier molecular flexibility index (Phi) is 6.22. The SMILES string of the molecule is CCN(Cc1ccccc1C)C(=O)CNC(=O)c1cc(-c2ccccc2)on1. The molecule has 28 heavy (non-hydrogen) atoms. The number of nitrogens with zero attached hydrogens (tertiary/aromatic N) is 2. The third-order valence-corrected chi connectivity index (χ3v) is 4.56. The van der Waals surface area contributed by atoms with Crippen molar-refractivity contribution in [2.24, 2.45) is 0 Å². The lowest BCUT2D eigenvalue weighted by Gasteiger charge is -2.22. The molecule has 0 saturated heterocycles. The first-order chi connectivity index (χ1) is 13.6. The second-order valence-electron chi connectivity index (χ2n) is 6.46. The fourth-order valence-electron chi connectivity index (χ4n) is 2.85. The van der Waals surface area contributed by atoms with Crippen LogP contribution in [0.25, 0.3) is 11.3 Å². The zero-order valence-corrected chi connectivity index (χ0v) is 16.0. The van der Waals surface area contributed by atoms with Crippen molar-refractivity contribution in [1.29, 1.82) is 0 Å². The summed E-state index contributed by atoms with van der Waals surface area (Å²) in [6.45, 7) is 4.92. The van der Waals surface area contributed by atoms with Gasteiger partial charge in [0.1, 0.15) is 0 Å². The molecule has 3 aromatic rings. The van der Waals surface area contributed by atoms with Crippen LogP contribution in [0.1, 0.15) is 28.5 Å². The van der Waals surface area contributed by atoms with Gasteiger partial charge in [-0.25, -0.2) is 0 Å². The summed E-state index contributed by atoms with van der Waals surface area (Å²) in [5.41, 5.74) is 3.20. The van der Waals surface area contributed by atoms with Crippen LogP contribution in [0.3, 0.4) is 0 Å². The number of amides is 2. The molecule has 3 rings (SSSR count). The summed E-state index contributed by atoms with van der Waals surface area (Å²) in [6.07, 6.45) is 0. The second-order valence-corrected chi connectivity index (χ2v) is 6.46. The molecule has 6 heteroatoms. The first-order valence-electron chi connectivity index (χ1n) is 9.21. The largest absolute Gasteiger partial charge is 0.355 e. The fraction of sp³-hybridized carbons (Fsp3) is 0.227. The predicted molar refractivity (Wildman–Crippen MR) is 107 cm³/mol. The van der Waals surface area contributed by atoms with E-state index in [1.165, 1.54) is 0 Å². The summed E-state index contributed by atoms with van der Waals surface area (Å²) in [5, 5.41) is 6.43. The Morgan fingerprint density at radius 2 is 1.79 bits per heavy atom. The highest BCUT2D eigenvalue weighted by molar-refractivity contribution is 5.95. The highest BCUT2D eigenvalue weighted by Crippen LogP contribution is 2.19. The Balaban J connectivity index is 1.58. The topological polar surface area (TPSA) is 75.4 Å². The molecule has 0 spiro atoms. The van der Waals surface area contributed by atoms with Gasteiger partial charge in [-0.3, -0.25) is 9.59 Å². The van der Waals surface area contributed by atoms with Crippen LogP contribution in [0.15, 0.2) is 65.2 Å². The number of hydrogen-bond acceptors (Lipinski definition) is 4. The van der Waals surface area contributed by atoms with E-state index in [4.69, 9.17) is 4.52 Å². The molecule has 144 valence electrons. The smallest absolute Gasteiger partial charge is 0.273 e. The van der Waals surface area contributed by atoms with Gasteiger partial charge in [0, 0.05) is 24.7 Å². The molecule has 0 aliphatic heterocycles. The van der Waals surface area contributed by atoms with Crippen molar-refractivity contribution in [2.75, 3.05) is 13.1 Å². The molecule has 0 aliphatic rings. The summed E-state index contributed by atoms with van der Waals surface area (Å²) in [6, 6.07) is 18.9. The summed E-state index contributed by atoms with van der Waals surface area (Å²) < 4.78 is 5.23. The van der Waals surface area contributed by atoms with Crippen LogP contribution in [-0.4, -0.2) is 35.0 Å². The van der Waals surface area contributed by atoms with Gasteiger partial charge in [-0.05, 0) is 25.0 Å². The average Bonchev–Trinajstić information content (AvgIpc) is 3.22. The van der Waals surface area contributed by atoms with E-state index in [-0.39, 0.29) is 18.1 Å². The monoisotopic (exact) mass is 377 g/mol. The number of nitrogens with one attached hydrogen (secondary N) is 1. The van der Waals surface area contributed by atoms with Crippen LogP contribution in [0.4, 0.5) is 0 Å². The van der Waals surface area contributed by atoms with E-state index in [2.05, 4.69) is 10.5 Å². The molecule has 0 bridgehead atoms. The highest BCUT2D eigenvalue weighted by Gasteiger charge is 2.17. The number of aromatic nitrogens is 1. The van der Waals surface area contributed by atoms with Gasteiger partial charge < -0.3 is 14.7 Å². The Labute approximate surface area is 164 Å². The minimum Gasteiger partial charge on any atom is -0.355 e. The third kappa shape index (κ3) is 4.65. The van der Waals surface area contributed by atoms with Gasteiger partial charge in [-0.1, -0.05) is 59.8 Å². The van der Waals surface area contributed by atoms with Crippen molar-refractivity contribution in [2.45, 2.75) is 20.4 Å². The molecule has 1 aromatic heterocycles. The molecule has 2 aromatic carbocycles. The predicted octanol–water partition coefficient (Wildman–Crippen LogP) is 3.43. The van der Waals surface area contributed by atoms with E-state index in [1.54, 1.807) is 11.0 Å². The average molecular weight is 377 g/mol. The van der Waals surface area contributed by atoms with Gasteiger partial charge in [-0.15, -0.1) is 0 Å². The Morgan fingerprint density at radius 1 is 1.07 bits per heavy atom. The molecule has 0 saturated carbocycles. The molecule has 1 N–H and O–H groups in total. The number of rotatable bonds is 7. The highest BCUT2D eigenvalue weighted by atomic mass is 16.5. The summed E-state index contributed by atoms with van der Waals surface area (Å²) in [5.74, 6) is -0.0797. The molecular formula is C22H23N3O3. The number of carbonyl (C=O) groups excluding carboxylic acids is 2.